The molecule has 0 radical (unpaired) electrons. The Balaban J connectivity index is 2.29. The third-order valence-electron chi connectivity index (χ3n) is 3.50. The summed E-state index contributed by atoms with van der Waals surface area (Å²) in [7, 11) is 0. The van der Waals surface area contributed by atoms with Gasteiger partial charge in [-0.05, 0) is 54.5 Å². The first-order valence-electron chi connectivity index (χ1n) is 8.83. The minimum Gasteiger partial charge on any atom is -0.442 e. The number of amides is 1. The predicted octanol–water partition coefficient (Wildman–Crippen LogP) is 5.08. The van der Waals surface area contributed by atoms with Gasteiger partial charge in [0.25, 0.3) is 0 Å². The number of rotatable bonds is 2. The molecule has 2 aromatic rings. The smallest absolute Gasteiger partial charge is 0.442 e. The number of H-pyrrole nitrogens is 1. The maximum Gasteiger partial charge on any atom is 0.534 e. The summed E-state index contributed by atoms with van der Waals surface area (Å²) in [6, 6.07) is 7.71. The van der Waals surface area contributed by atoms with Crippen molar-refractivity contribution in [3.05, 3.63) is 35.5 Å². The van der Waals surface area contributed by atoms with Gasteiger partial charge in [0.15, 0.2) is 0 Å². The van der Waals surface area contributed by atoms with Gasteiger partial charge in [0.05, 0.1) is 6.54 Å². The molecule has 1 N–H and O–H groups in total. The zero-order chi connectivity index (χ0) is 20.4. The number of carbonyl (C=O) groups is 2. The molecular weight excluding hydrogens is 348 g/mol. The van der Waals surface area contributed by atoms with Gasteiger partial charge in [0.1, 0.15) is 11.2 Å². The molecule has 7 nitrogen and oxygen atoms in total. The van der Waals surface area contributed by atoms with Gasteiger partial charge in [-0.2, -0.15) is 0 Å². The molecule has 1 aromatic carbocycles. The molecule has 0 saturated heterocycles. The maximum absolute atomic E-state index is 12.6. The summed E-state index contributed by atoms with van der Waals surface area (Å²) in [5.74, 6) is 0. The fourth-order valence-electron chi connectivity index (χ4n) is 2.49. The van der Waals surface area contributed by atoms with Crippen LogP contribution in [0.15, 0.2) is 24.3 Å². The van der Waals surface area contributed by atoms with Crippen molar-refractivity contribution in [2.45, 2.75) is 66.2 Å². The van der Waals surface area contributed by atoms with Crippen molar-refractivity contribution >= 4 is 23.2 Å². The third kappa shape index (κ3) is 5.91. The van der Waals surface area contributed by atoms with E-state index in [4.69, 9.17) is 14.3 Å². The van der Waals surface area contributed by atoms with Gasteiger partial charge in [-0.3, -0.25) is 4.84 Å². The highest BCUT2D eigenvalue weighted by Gasteiger charge is 2.29. The number of nitrogens with one attached hydrogen (secondary N) is 1. The maximum atomic E-state index is 12.6. The number of hydroxylamine groups is 2. The van der Waals surface area contributed by atoms with E-state index >= 15 is 0 Å². The Kier molecular flexibility index (Phi) is 5.73. The van der Waals surface area contributed by atoms with E-state index in [0.29, 0.717) is 0 Å². The summed E-state index contributed by atoms with van der Waals surface area (Å²) in [4.78, 5) is 33.2. The largest absolute Gasteiger partial charge is 0.534 e. The zero-order valence-corrected chi connectivity index (χ0v) is 17.0. The third-order valence-corrected chi connectivity index (χ3v) is 3.50. The van der Waals surface area contributed by atoms with E-state index in [1.807, 2.05) is 31.2 Å². The second kappa shape index (κ2) is 7.50. The van der Waals surface area contributed by atoms with Crippen LogP contribution in [0.1, 0.15) is 52.8 Å². The molecule has 1 heterocycles. The average Bonchev–Trinajstić information content (AvgIpc) is 2.79. The number of para-hydroxylation sites is 1. The number of aryl methyl sites for hydroxylation is 1. The number of hydrogen-bond donors (Lipinski definition) is 1. The highest BCUT2D eigenvalue weighted by molar-refractivity contribution is 5.85. The monoisotopic (exact) mass is 376 g/mol. The summed E-state index contributed by atoms with van der Waals surface area (Å²) in [6.07, 6.45) is -1.73. The summed E-state index contributed by atoms with van der Waals surface area (Å²) in [5, 5.41) is 1.83. The molecule has 0 spiro atoms. The summed E-state index contributed by atoms with van der Waals surface area (Å²) >= 11 is 0. The van der Waals surface area contributed by atoms with Crippen molar-refractivity contribution in [1.82, 2.24) is 10.0 Å². The topological polar surface area (TPSA) is 80.9 Å². The standard InChI is InChI=1S/C20H28N2O5/c1-13-15(14-10-8-9-11-16(14)21-13)12-22(17(23)25-19(2,3)4)27-18(24)26-20(5,6)7/h8-11,21H,12H2,1-7H3. The Labute approximate surface area is 159 Å². The molecule has 2 rings (SSSR count). The van der Waals surface area contributed by atoms with Crippen molar-refractivity contribution in [3.63, 3.8) is 0 Å². The Morgan fingerprint density at radius 2 is 1.59 bits per heavy atom. The molecule has 0 saturated carbocycles. The second-order valence-electron chi connectivity index (χ2n) is 8.35. The van der Waals surface area contributed by atoms with E-state index in [0.717, 1.165) is 27.2 Å². The van der Waals surface area contributed by atoms with Crippen LogP contribution >= 0.6 is 0 Å². The van der Waals surface area contributed by atoms with Gasteiger partial charge in [-0.25, -0.2) is 9.59 Å². The normalized spacial score (nSPS) is 12.0. The van der Waals surface area contributed by atoms with Crippen LogP contribution in [0.2, 0.25) is 0 Å². The molecule has 0 atom stereocenters. The number of aromatic nitrogens is 1. The molecule has 7 heteroatoms. The first-order chi connectivity index (χ1) is 12.4. The van der Waals surface area contributed by atoms with Crippen molar-refractivity contribution in [1.29, 1.82) is 0 Å². The lowest BCUT2D eigenvalue weighted by Crippen LogP contribution is -2.39. The minimum absolute atomic E-state index is 0.0317. The number of aromatic amines is 1. The molecule has 0 bridgehead atoms. The number of ether oxygens (including phenoxy) is 2. The van der Waals surface area contributed by atoms with Gasteiger partial charge in [0, 0.05) is 22.2 Å². The first-order valence-corrected chi connectivity index (χ1v) is 8.83. The quantitative estimate of drug-likeness (QED) is 0.584. The number of fused-ring (bicyclic) bond motifs is 1. The number of benzene rings is 1. The summed E-state index contributed by atoms with van der Waals surface area (Å²) < 4.78 is 10.5. The lowest BCUT2D eigenvalue weighted by Gasteiger charge is -2.27. The Morgan fingerprint density at radius 3 is 2.19 bits per heavy atom. The minimum atomic E-state index is -0.967. The number of hydrogen-bond acceptors (Lipinski definition) is 5. The van der Waals surface area contributed by atoms with Crippen LogP contribution in [-0.4, -0.2) is 33.5 Å². The highest BCUT2D eigenvalue weighted by atomic mass is 16.8. The van der Waals surface area contributed by atoms with Crippen LogP contribution in [0.3, 0.4) is 0 Å². The number of nitrogens with zero attached hydrogens (tertiary/aromatic N) is 1. The van der Waals surface area contributed by atoms with E-state index in [9.17, 15) is 9.59 Å². The molecular formula is C20H28N2O5. The molecule has 148 valence electrons. The molecule has 0 aliphatic carbocycles. The molecule has 0 aliphatic heterocycles. The molecule has 27 heavy (non-hydrogen) atoms. The van der Waals surface area contributed by atoms with E-state index in [-0.39, 0.29) is 6.54 Å². The van der Waals surface area contributed by atoms with Crippen LogP contribution in [0, 0.1) is 6.92 Å². The molecule has 1 amide bonds. The lowest BCUT2D eigenvalue weighted by atomic mass is 10.1. The Morgan fingerprint density at radius 1 is 1.00 bits per heavy atom. The fraction of sp³-hybridized carbons (Fsp3) is 0.500. The van der Waals surface area contributed by atoms with Crippen LogP contribution in [-0.2, 0) is 20.9 Å². The van der Waals surface area contributed by atoms with Crippen LogP contribution in [0.25, 0.3) is 10.9 Å². The second-order valence-corrected chi connectivity index (χ2v) is 8.35. The molecule has 0 unspecified atom stereocenters. The fourth-order valence-corrected chi connectivity index (χ4v) is 2.49. The molecule has 0 fully saturated rings. The SMILES string of the molecule is Cc1[nH]c2ccccc2c1CN(OC(=O)OC(C)(C)C)C(=O)OC(C)(C)C. The van der Waals surface area contributed by atoms with Gasteiger partial charge in [0.2, 0.25) is 0 Å². The summed E-state index contributed by atoms with van der Waals surface area (Å²) in [6.45, 7) is 12.3. The van der Waals surface area contributed by atoms with Crippen LogP contribution < -0.4 is 0 Å². The van der Waals surface area contributed by atoms with E-state index < -0.39 is 23.5 Å². The van der Waals surface area contributed by atoms with E-state index in [2.05, 4.69) is 4.98 Å². The predicted molar refractivity (Wildman–Crippen MR) is 102 cm³/mol. The Hall–Kier alpha value is -2.70. The van der Waals surface area contributed by atoms with Crippen molar-refractivity contribution in [3.8, 4) is 0 Å². The van der Waals surface area contributed by atoms with Gasteiger partial charge in [-0.1, -0.05) is 18.2 Å². The zero-order valence-electron chi connectivity index (χ0n) is 17.0. The van der Waals surface area contributed by atoms with Gasteiger partial charge < -0.3 is 14.5 Å². The van der Waals surface area contributed by atoms with Crippen LogP contribution in [0.4, 0.5) is 9.59 Å². The first kappa shape index (κ1) is 20.6. The summed E-state index contributed by atoms with van der Waals surface area (Å²) in [5.41, 5.74) is 1.17. The van der Waals surface area contributed by atoms with Crippen molar-refractivity contribution < 1.29 is 23.9 Å². The van der Waals surface area contributed by atoms with E-state index in [1.165, 1.54) is 0 Å². The lowest BCUT2D eigenvalue weighted by molar-refractivity contribution is -0.140. The van der Waals surface area contributed by atoms with Crippen molar-refractivity contribution in [2.75, 3.05) is 0 Å². The highest BCUT2D eigenvalue weighted by Crippen LogP contribution is 2.24. The van der Waals surface area contributed by atoms with Crippen LogP contribution in [0.5, 0.6) is 0 Å². The Bertz CT molecular complexity index is 827. The molecule has 1 aromatic heterocycles. The van der Waals surface area contributed by atoms with Crippen molar-refractivity contribution in [2.24, 2.45) is 0 Å². The van der Waals surface area contributed by atoms with Gasteiger partial charge >= 0.3 is 12.2 Å². The molecule has 0 aliphatic rings. The van der Waals surface area contributed by atoms with Gasteiger partial charge in [-0.15, -0.1) is 5.06 Å². The number of carbonyl (C=O) groups excluding carboxylic acids is 2. The van der Waals surface area contributed by atoms with E-state index in [1.54, 1.807) is 41.5 Å². The average molecular weight is 376 g/mol.